The van der Waals surface area contributed by atoms with Gasteiger partial charge >= 0.3 is 17.6 Å². The summed E-state index contributed by atoms with van der Waals surface area (Å²) in [6.45, 7) is 16.0. The Hall–Kier alpha value is 2.29. The summed E-state index contributed by atoms with van der Waals surface area (Å²) >= 11 is 0. The topological polar surface area (TPSA) is 55.4 Å². The molecule has 0 rings (SSSR count). The fraction of sp³-hybridized carbons (Fsp3) is 1.00. The van der Waals surface area contributed by atoms with Gasteiger partial charge in [-0.05, 0) is 107 Å². The molecule has 206 valence electrons. The van der Waals surface area contributed by atoms with Gasteiger partial charge in [-0.3, -0.25) is 0 Å². The van der Waals surface area contributed by atoms with Crippen molar-refractivity contribution in [3.8, 4) is 0 Å². The largest absolute Gasteiger partial charge is 0.500 e. The summed E-state index contributed by atoms with van der Waals surface area (Å²) in [6.07, 6.45) is 4.48. The number of rotatable bonds is 27. The Bertz CT molecular complexity index is 376. The molecule has 0 amide bonds. The smallest absolute Gasteiger partial charge is 0.374 e. The Labute approximate surface area is 234 Å². The Morgan fingerprint density at radius 3 is 0.971 bits per heavy atom. The van der Waals surface area contributed by atoms with Crippen LogP contribution in [0.15, 0.2) is 0 Å². The molecule has 34 heavy (non-hydrogen) atoms. The van der Waals surface area contributed by atoms with Gasteiger partial charge in [-0.1, -0.05) is 21.6 Å². The van der Waals surface area contributed by atoms with E-state index in [-0.39, 0.29) is 0 Å². The van der Waals surface area contributed by atoms with Crippen LogP contribution in [0.2, 0.25) is 12.1 Å². The highest BCUT2D eigenvalue weighted by atomic mass is 33.9. The van der Waals surface area contributed by atoms with Crippen molar-refractivity contribution in [2.24, 2.45) is 0 Å². The second kappa shape index (κ2) is 25.6. The van der Waals surface area contributed by atoms with Crippen molar-refractivity contribution in [2.45, 2.75) is 79.3 Å². The van der Waals surface area contributed by atoms with E-state index in [2.05, 4.69) is 0 Å². The van der Waals surface area contributed by atoms with Gasteiger partial charge in [-0.2, -0.15) is 0 Å². The molecule has 0 aliphatic rings. The van der Waals surface area contributed by atoms with E-state index in [9.17, 15) is 0 Å². The van der Waals surface area contributed by atoms with Gasteiger partial charge < -0.3 is 26.6 Å². The Balaban J connectivity index is 3.75. The molecule has 0 aromatic heterocycles. The fourth-order valence-electron chi connectivity index (χ4n) is 3.14. The predicted molar refractivity (Wildman–Crippen MR) is 165 cm³/mol. The van der Waals surface area contributed by atoms with Crippen LogP contribution in [0, 0.1) is 0 Å². The van der Waals surface area contributed by atoms with Crippen LogP contribution in [0.1, 0.15) is 67.2 Å². The summed E-state index contributed by atoms with van der Waals surface area (Å²) in [7, 11) is 6.34. The van der Waals surface area contributed by atoms with Crippen LogP contribution >= 0.6 is 60.9 Å². The molecule has 0 aromatic rings. The lowest BCUT2D eigenvalue weighted by Gasteiger charge is -2.28. The summed E-state index contributed by atoms with van der Waals surface area (Å²) in [5, 5.41) is 0. The Kier molecular flexibility index (Phi) is 27.3. The van der Waals surface area contributed by atoms with Crippen molar-refractivity contribution in [3.05, 3.63) is 0 Å². The Morgan fingerprint density at radius 2 is 0.706 bits per heavy atom. The second-order valence-electron chi connectivity index (χ2n) is 6.79. The second-order valence-corrected chi connectivity index (χ2v) is 22.0. The molecule has 0 bridgehead atoms. The van der Waals surface area contributed by atoms with Gasteiger partial charge in [0.25, 0.3) is 0 Å². The SMILES string of the molecule is CCO[Si](CCCCSSSSSSCCCC[Si](OCC)(OCC)OCC)(OCC)OCC. The van der Waals surface area contributed by atoms with Crippen molar-refractivity contribution in [3.63, 3.8) is 0 Å². The van der Waals surface area contributed by atoms with Gasteiger partial charge in [0.2, 0.25) is 0 Å². The van der Waals surface area contributed by atoms with Crippen LogP contribution in [-0.4, -0.2) is 68.8 Å². The molecule has 0 aromatic carbocycles. The summed E-state index contributed by atoms with van der Waals surface area (Å²) in [5.41, 5.74) is 0. The third-order valence-corrected chi connectivity index (χ3v) is 21.7. The van der Waals surface area contributed by atoms with E-state index in [1.165, 1.54) is 0 Å². The van der Waals surface area contributed by atoms with E-state index in [0.29, 0.717) is 39.6 Å². The van der Waals surface area contributed by atoms with Gasteiger partial charge in [0, 0.05) is 63.2 Å². The average Bonchev–Trinajstić information content (AvgIpc) is 2.80. The van der Waals surface area contributed by atoms with E-state index in [0.717, 1.165) is 49.3 Å². The average molecular weight is 631 g/mol. The molecule has 0 aliphatic carbocycles. The van der Waals surface area contributed by atoms with E-state index in [1.807, 2.05) is 102 Å². The molecular formula is C20H46O6S6Si2. The van der Waals surface area contributed by atoms with Gasteiger partial charge in [0.1, 0.15) is 0 Å². The first kappa shape index (κ1) is 36.3. The lowest BCUT2D eigenvalue weighted by atomic mass is 10.4. The molecule has 0 aliphatic heterocycles. The van der Waals surface area contributed by atoms with Crippen LogP contribution < -0.4 is 0 Å². The monoisotopic (exact) mass is 630 g/mol. The van der Waals surface area contributed by atoms with Crippen LogP contribution in [0.4, 0.5) is 0 Å². The molecule has 0 fully saturated rings. The van der Waals surface area contributed by atoms with Crippen LogP contribution in [0.5, 0.6) is 0 Å². The maximum Gasteiger partial charge on any atom is 0.500 e. The number of unbranched alkanes of at least 4 members (excludes halogenated alkanes) is 2. The molecule has 0 heterocycles. The highest BCUT2D eigenvalue weighted by Gasteiger charge is 2.40. The van der Waals surface area contributed by atoms with Crippen molar-refractivity contribution in [1.82, 2.24) is 0 Å². The van der Waals surface area contributed by atoms with Crippen LogP contribution in [0.3, 0.4) is 0 Å². The Morgan fingerprint density at radius 1 is 0.412 bits per heavy atom. The maximum absolute atomic E-state index is 5.92. The zero-order valence-corrected chi connectivity index (χ0v) is 28.7. The first-order valence-corrected chi connectivity index (χ1v) is 24.0. The van der Waals surface area contributed by atoms with Crippen LogP contribution in [-0.2, 0) is 26.6 Å². The quantitative estimate of drug-likeness (QED) is 0.0496. The minimum absolute atomic E-state index is 0.649. The van der Waals surface area contributed by atoms with Gasteiger partial charge in [-0.25, -0.2) is 0 Å². The summed E-state index contributed by atoms with van der Waals surface area (Å²) < 4.78 is 35.5. The van der Waals surface area contributed by atoms with Crippen molar-refractivity contribution in [1.29, 1.82) is 0 Å². The minimum atomic E-state index is -2.47. The summed E-state index contributed by atoms with van der Waals surface area (Å²) in [5.74, 6) is 2.27. The first-order valence-electron chi connectivity index (χ1n) is 12.3. The molecule has 0 radical (unpaired) electrons. The molecule has 0 saturated heterocycles. The lowest BCUT2D eigenvalue weighted by molar-refractivity contribution is 0.0700. The zero-order chi connectivity index (χ0) is 25.4. The molecule has 0 spiro atoms. The van der Waals surface area contributed by atoms with E-state index < -0.39 is 17.6 Å². The number of hydrogen-bond acceptors (Lipinski definition) is 12. The normalized spacial score (nSPS) is 12.5. The van der Waals surface area contributed by atoms with Crippen molar-refractivity contribution in [2.75, 3.05) is 51.1 Å². The fourth-order valence-corrected chi connectivity index (χ4v) is 20.3. The molecule has 0 atom stereocenters. The third-order valence-electron chi connectivity index (χ3n) is 4.29. The predicted octanol–water partition coefficient (Wildman–Crippen LogP) is 8.62. The highest BCUT2D eigenvalue weighted by molar-refractivity contribution is 9.41. The molecule has 0 saturated carbocycles. The molecular weight excluding hydrogens is 585 g/mol. The van der Waals surface area contributed by atoms with E-state index in [4.69, 9.17) is 26.6 Å². The molecule has 6 nitrogen and oxygen atoms in total. The first-order chi connectivity index (χ1) is 16.6. The van der Waals surface area contributed by atoms with Gasteiger partial charge in [-0.15, -0.1) is 0 Å². The molecule has 0 unspecified atom stereocenters. The minimum Gasteiger partial charge on any atom is -0.374 e. The zero-order valence-electron chi connectivity index (χ0n) is 21.8. The highest BCUT2D eigenvalue weighted by Crippen LogP contribution is 2.52. The maximum atomic E-state index is 5.92. The number of hydrogen-bond donors (Lipinski definition) is 0. The van der Waals surface area contributed by atoms with Gasteiger partial charge in [0.15, 0.2) is 0 Å². The van der Waals surface area contributed by atoms with Gasteiger partial charge in [0.05, 0.1) is 0 Å². The van der Waals surface area contributed by atoms with Crippen LogP contribution in [0.25, 0.3) is 0 Å². The van der Waals surface area contributed by atoms with E-state index >= 15 is 0 Å². The summed E-state index contributed by atoms with van der Waals surface area (Å²) in [6, 6.07) is 1.82. The molecule has 14 heteroatoms. The standard InChI is InChI=1S/C20H46O6S6Si2/c1-7-21-33(22-8-2,23-9-3)19-15-13-17-27-29-31-32-30-28-18-14-16-20-34(24-10-4,25-11-5)26-12-6/h7-20H2,1-6H3. The van der Waals surface area contributed by atoms with Crippen molar-refractivity contribution >= 4 is 78.5 Å². The lowest BCUT2D eigenvalue weighted by Crippen LogP contribution is -2.45. The summed E-state index contributed by atoms with van der Waals surface area (Å²) in [4.78, 5) is 0. The van der Waals surface area contributed by atoms with Crippen molar-refractivity contribution < 1.29 is 26.6 Å². The van der Waals surface area contributed by atoms with E-state index in [1.54, 1.807) is 0 Å². The molecule has 0 N–H and O–H groups in total. The third kappa shape index (κ3) is 18.5.